The van der Waals surface area contributed by atoms with E-state index in [-0.39, 0.29) is 0 Å². The molecule has 3 N–H and O–H groups in total. The summed E-state index contributed by atoms with van der Waals surface area (Å²) in [5.74, 6) is 1.01. The van der Waals surface area contributed by atoms with Gasteiger partial charge in [-0.25, -0.2) is 0 Å². The molecular formula is C16H26N2O2. The molecule has 0 unspecified atom stereocenters. The van der Waals surface area contributed by atoms with Crippen molar-refractivity contribution in [2.24, 2.45) is 5.73 Å². The third kappa shape index (κ3) is 3.64. The molecule has 1 saturated carbocycles. The summed E-state index contributed by atoms with van der Waals surface area (Å²) in [7, 11) is 1.61. The minimum atomic E-state index is 0.315. The summed E-state index contributed by atoms with van der Waals surface area (Å²) < 4.78 is 5.12. The first-order valence-electron chi connectivity index (χ1n) is 7.49. The lowest BCUT2D eigenvalue weighted by Gasteiger charge is -2.35. The number of hydrogen-bond donors (Lipinski definition) is 2. The molecule has 0 radical (unpaired) electrons. The van der Waals surface area contributed by atoms with Gasteiger partial charge in [-0.15, -0.1) is 0 Å². The minimum Gasteiger partial charge on any atom is -0.507 e. The highest BCUT2D eigenvalue weighted by molar-refractivity contribution is 5.39. The Morgan fingerprint density at radius 1 is 1.30 bits per heavy atom. The van der Waals surface area contributed by atoms with Crippen molar-refractivity contribution in [3.8, 4) is 11.5 Å². The van der Waals surface area contributed by atoms with Crippen LogP contribution < -0.4 is 10.5 Å². The Bertz CT molecular complexity index is 428. The normalized spacial score (nSPS) is 23.0. The number of phenols is 1. The zero-order valence-electron chi connectivity index (χ0n) is 12.5. The summed E-state index contributed by atoms with van der Waals surface area (Å²) in [4.78, 5) is 2.44. The van der Waals surface area contributed by atoms with E-state index in [1.165, 1.54) is 0 Å². The molecule has 0 atom stereocenters. The molecule has 1 aliphatic rings. The van der Waals surface area contributed by atoms with Crippen LogP contribution in [0.1, 0.15) is 38.2 Å². The molecule has 0 amide bonds. The number of nitrogens with two attached hydrogens (primary N) is 1. The van der Waals surface area contributed by atoms with Gasteiger partial charge >= 0.3 is 0 Å². The Labute approximate surface area is 121 Å². The van der Waals surface area contributed by atoms with Crippen LogP contribution >= 0.6 is 0 Å². The van der Waals surface area contributed by atoms with Gasteiger partial charge in [-0.1, -0.05) is 13.0 Å². The Morgan fingerprint density at radius 3 is 2.55 bits per heavy atom. The molecule has 0 aromatic heterocycles. The maximum absolute atomic E-state index is 10.1. The molecular weight excluding hydrogens is 252 g/mol. The first-order chi connectivity index (χ1) is 9.63. The second-order valence-corrected chi connectivity index (χ2v) is 5.63. The van der Waals surface area contributed by atoms with Gasteiger partial charge in [0.15, 0.2) is 0 Å². The maximum atomic E-state index is 10.1. The lowest BCUT2D eigenvalue weighted by atomic mass is 9.90. The zero-order chi connectivity index (χ0) is 14.5. The summed E-state index contributed by atoms with van der Waals surface area (Å²) >= 11 is 0. The average Bonchev–Trinajstić information content (AvgIpc) is 2.47. The van der Waals surface area contributed by atoms with Gasteiger partial charge in [-0.05, 0) is 38.3 Å². The highest BCUT2D eigenvalue weighted by Gasteiger charge is 2.23. The van der Waals surface area contributed by atoms with Crippen molar-refractivity contribution < 1.29 is 9.84 Å². The van der Waals surface area contributed by atoms with Gasteiger partial charge in [0.25, 0.3) is 0 Å². The zero-order valence-corrected chi connectivity index (χ0v) is 12.5. The van der Waals surface area contributed by atoms with Crippen LogP contribution in [0.15, 0.2) is 18.2 Å². The van der Waals surface area contributed by atoms with Crippen molar-refractivity contribution in [1.29, 1.82) is 0 Å². The van der Waals surface area contributed by atoms with Crippen molar-refractivity contribution in [2.45, 2.75) is 51.2 Å². The van der Waals surface area contributed by atoms with Crippen LogP contribution in [0.2, 0.25) is 0 Å². The van der Waals surface area contributed by atoms with Crippen molar-refractivity contribution in [2.75, 3.05) is 13.7 Å². The van der Waals surface area contributed by atoms with Gasteiger partial charge in [0, 0.05) is 30.3 Å². The second-order valence-electron chi connectivity index (χ2n) is 5.63. The molecule has 1 aromatic rings. The smallest absolute Gasteiger partial charge is 0.123 e. The van der Waals surface area contributed by atoms with Gasteiger partial charge in [-0.2, -0.15) is 0 Å². The van der Waals surface area contributed by atoms with Gasteiger partial charge in [0.2, 0.25) is 0 Å². The van der Waals surface area contributed by atoms with Crippen LogP contribution in [-0.4, -0.2) is 35.7 Å². The van der Waals surface area contributed by atoms with E-state index in [2.05, 4.69) is 11.8 Å². The Kier molecular flexibility index (Phi) is 5.26. The number of rotatable bonds is 5. The summed E-state index contributed by atoms with van der Waals surface area (Å²) in [6.07, 6.45) is 4.53. The van der Waals surface area contributed by atoms with E-state index < -0.39 is 0 Å². The number of nitrogens with zero attached hydrogens (tertiary/aromatic N) is 1. The number of aromatic hydroxyl groups is 1. The lowest BCUT2D eigenvalue weighted by Crippen LogP contribution is -2.40. The fourth-order valence-corrected chi connectivity index (χ4v) is 2.99. The molecule has 1 aliphatic carbocycles. The molecule has 4 nitrogen and oxygen atoms in total. The molecule has 0 bridgehead atoms. The van der Waals surface area contributed by atoms with E-state index in [1.807, 2.05) is 12.1 Å². The first-order valence-corrected chi connectivity index (χ1v) is 7.49. The molecule has 20 heavy (non-hydrogen) atoms. The first kappa shape index (κ1) is 15.1. The highest BCUT2D eigenvalue weighted by Crippen LogP contribution is 2.28. The Morgan fingerprint density at radius 2 is 2.00 bits per heavy atom. The highest BCUT2D eigenvalue weighted by atomic mass is 16.5. The minimum absolute atomic E-state index is 0.315. The summed E-state index contributed by atoms with van der Waals surface area (Å²) in [6.45, 7) is 3.95. The van der Waals surface area contributed by atoms with Gasteiger partial charge in [0.1, 0.15) is 11.5 Å². The van der Waals surface area contributed by atoms with E-state index in [9.17, 15) is 5.11 Å². The van der Waals surface area contributed by atoms with Crippen LogP contribution in [-0.2, 0) is 6.54 Å². The van der Waals surface area contributed by atoms with Gasteiger partial charge in [-0.3, -0.25) is 4.90 Å². The third-order valence-corrected chi connectivity index (χ3v) is 4.33. The van der Waals surface area contributed by atoms with Crippen LogP contribution in [0.3, 0.4) is 0 Å². The van der Waals surface area contributed by atoms with E-state index in [4.69, 9.17) is 10.5 Å². The molecule has 0 saturated heterocycles. The molecule has 1 fully saturated rings. The molecule has 0 aliphatic heterocycles. The molecule has 4 heteroatoms. The quantitative estimate of drug-likeness (QED) is 0.869. The number of phenolic OH excluding ortho intramolecular Hbond substituents is 1. The number of ether oxygens (including phenoxy) is 1. The summed E-state index contributed by atoms with van der Waals surface area (Å²) in [6, 6.07) is 6.49. The van der Waals surface area contributed by atoms with Gasteiger partial charge in [0.05, 0.1) is 7.11 Å². The molecule has 2 rings (SSSR count). The lowest BCUT2D eigenvalue weighted by molar-refractivity contribution is 0.148. The predicted molar refractivity (Wildman–Crippen MR) is 81.0 cm³/mol. The number of benzene rings is 1. The number of methoxy groups -OCH3 is 1. The molecule has 112 valence electrons. The van der Waals surface area contributed by atoms with Crippen molar-refractivity contribution in [3.05, 3.63) is 23.8 Å². The van der Waals surface area contributed by atoms with Crippen molar-refractivity contribution in [3.63, 3.8) is 0 Å². The SMILES string of the molecule is CCN(Cc1ccc(OC)cc1O)C1CCC(N)CC1. The van der Waals surface area contributed by atoms with Crippen molar-refractivity contribution >= 4 is 0 Å². The predicted octanol–water partition coefficient (Wildman–Crippen LogP) is 2.49. The fourth-order valence-electron chi connectivity index (χ4n) is 2.99. The summed E-state index contributed by atoms with van der Waals surface area (Å²) in [5, 5.41) is 10.1. The molecule has 1 aromatic carbocycles. The van der Waals surface area contributed by atoms with E-state index in [0.717, 1.165) is 44.3 Å². The average molecular weight is 278 g/mol. The Balaban J connectivity index is 2.02. The molecule has 0 spiro atoms. The second kappa shape index (κ2) is 6.95. The standard InChI is InChI=1S/C16H26N2O2/c1-3-18(14-7-5-13(17)6-8-14)11-12-4-9-15(20-2)10-16(12)19/h4,9-10,13-14,19H,3,5-8,11,17H2,1-2H3. The van der Waals surface area contributed by atoms with E-state index >= 15 is 0 Å². The van der Waals surface area contributed by atoms with Crippen LogP contribution in [0.5, 0.6) is 11.5 Å². The maximum Gasteiger partial charge on any atom is 0.123 e. The summed E-state index contributed by atoms with van der Waals surface area (Å²) in [5.41, 5.74) is 6.94. The van der Waals surface area contributed by atoms with Crippen LogP contribution in [0, 0.1) is 0 Å². The third-order valence-electron chi connectivity index (χ3n) is 4.33. The monoisotopic (exact) mass is 278 g/mol. The van der Waals surface area contributed by atoms with Crippen LogP contribution in [0.25, 0.3) is 0 Å². The Hall–Kier alpha value is -1.26. The van der Waals surface area contributed by atoms with E-state index in [0.29, 0.717) is 23.6 Å². The largest absolute Gasteiger partial charge is 0.507 e. The van der Waals surface area contributed by atoms with E-state index in [1.54, 1.807) is 13.2 Å². The van der Waals surface area contributed by atoms with Crippen LogP contribution in [0.4, 0.5) is 0 Å². The van der Waals surface area contributed by atoms with Gasteiger partial charge < -0.3 is 15.6 Å². The molecule has 0 heterocycles. The topological polar surface area (TPSA) is 58.7 Å². The van der Waals surface area contributed by atoms with Crippen molar-refractivity contribution in [1.82, 2.24) is 4.90 Å². The number of hydrogen-bond acceptors (Lipinski definition) is 4. The fraction of sp³-hybridized carbons (Fsp3) is 0.625.